The van der Waals surface area contributed by atoms with Gasteiger partial charge in [-0.3, -0.25) is 10.1 Å². The molecule has 0 radical (unpaired) electrons. The SMILES string of the molecule is Cc1cccc(C(=O)c2[nH]c3cc(Cl)ccc3c2NC(=O)O)c1. The molecule has 116 valence electrons. The number of carbonyl (C=O) groups is 2. The van der Waals surface area contributed by atoms with Crippen LogP contribution in [0.25, 0.3) is 10.9 Å². The fourth-order valence-electron chi connectivity index (χ4n) is 2.51. The highest BCUT2D eigenvalue weighted by atomic mass is 35.5. The van der Waals surface area contributed by atoms with Crippen molar-refractivity contribution in [1.29, 1.82) is 0 Å². The minimum Gasteiger partial charge on any atom is -0.465 e. The number of carboxylic acid groups (broad SMARTS) is 1. The molecule has 0 fully saturated rings. The van der Waals surface area contributed by atoms with Crippen LogP contribution < -0.4 is 5.32 Å². The first kappa shape index (κ1) is 15.1. The number of halogens is 1. The zero-order valence-corrected chi connectivity index (χ0v) is 12.9. The molecule has 0 bridgehead atoms. The third-order valence-electron chi connectivity index (χ3n) is 3.50. The van der Waals surface area contributed by atoms with E-state index in [9.17, 15) is 9.59 Å². The van der Waals surface area contributed by atoms with Gasteiger partial charge in [-0.2, -0.15) is 0 Å². The summed E-state index contributed by atoms with van der Waals surface area (Å²) in [5.74, 6) is -0.287. The van der Waals surface area contributed by atoms with E-state index in [2.05, 4.69) is 10.3 Å². The van der Waals surface area contributed by atoms with E-state index in [4.69, 9.17) is 16.7 Å². The molecule has 0 aliphatic rings. The molecule has 2 aromatic carbocycles. The van der Waals surface area contributed by atoms with Crippen molar-refractivity contribution in [3.05, 3.63) is 64.3 Å². The molecule has 5 nitrogen and oxygen atoms in total. The van der Waals surface area contributed by atoms with E-state index in [0.717, 1.165) is 5.56 Å². The number of fused-ring (bicyclic) bond motifs is 1. The molecule has 3 aromatic rings. The van der Waals surface area contributed by atoms with Gasteiger partial charge in [0, 0.05) is 21.5 Å². The highest BCUT2D eigenvalue weighted by molar-refractivity contribution is 6.31. The summed E-state index contributed by atoms with van der Waals surface area (Å²) in [4.78, 5) is 26.8. The topological polar surface area (TPSA) is 82.2 Å². The maximum Gasteiger partial charge on any atom is 0.409 e. The van der Waals surface area contributed by atoms with Gasteiger partial charge in [0.1, 0.15) is 5.69 Å². The summed E-state index contributed by atoms with van der Waals surface area (Å²) in [6.45, 7) is 1.89. The lowest BCUT2D eigenvalue weighted by atomic mass is 10.0. The maximum absolute atomic E-state index is 12.8. The molecule has 0 atom stereocenters. The van der Waals surface area contributed by atoms with Crippen molar-refractivity contribution in [3.8, 4) is 0 Å². The number of amides is 1. The second-order valence-electron chi connectivity index (χ2n) is 5.19. The van der Waals surface area contributed by atoms with Gasteiger partial charge in [0.2, 0.25) is 5.78 Å². The van der Waals surface area contributed by atoms with E-state index in [1.807, 2.05) is 13.0 Å². The van der Waals surface area contributed by atoms with Crippen molar-refractivity contribution in [2.24, 2.45) is 0 Å². The standard InChI is InChI=1S/C17H13ClN2O3/c1-9-3-2-4-10(7-9)16(21)15-14(20-17(22)23)12-6-5-11(18)8-13(12)19-15/h2-8,19-20H,1H3,(H,22,23). The summed E-state index contributed by atoms with van der Waals surface area (Å²) in [5.41, 5.74) is 2.45. The van der Waals surface area contributed by atoms with Gasteiger partial charge in [-0.1, -0.05) is 35.4 Å². The lowest BCUT2D eigenvalue weighted by molar-refractivity contribution is 0.103. The largest absolute Gasteiger partial charge is 0.465 e. The van der Waals surface area contributed by atoms with Crippen LogP contribution in [0.15, 0.2) is 42.5 Å². The van der Waals surface area contributed by atoms with Crippen molar-refractivity contribution in [2.75, 3.05) is 5.32 Å². The lowest BCUT2D eigenvalue weighted by Crippen LogP contribution is -2.12. The third kappa shape index (κ3) is 2.91. The molecule has 0 aliphatic carbocycles. The Kier molecular flexibility index (Phi) is 3.80. The first-order valence-electron chi connectivity index (χ1n) is 6.88. The predicted molar refractivity (Wildman–Crippen MR) is 89.6 cm³/mol. The van der Waals surface area contributed by atoms with E-state index in [1.54, 1.807) is 36.4 Å². The van der Waals surface area contributed by atoms with E-state index < -0.39 is 6.09 Å². The number of aromatic nitrogens is 1. The average Bonchev–Trinajstić information content (AvgIpc) is 2.83. The Morgan fingerprint density at radius 3 is 2.65 bits per heavy atom. The molecular weight excluding hydrogens is 316 g/mol. The fourth-order valence-corrected chi connectivity index (χ4v) is 2.68. The predicted octanol–water partition coefficient (Wildman–Crippen LogP) is 4.45. The van der Waals surface area contributed by atoms with Crippen LogP contribution in [0.5, 0.6) is 0 Å². The monoisotopic (exact) mass is 328 g/mol. The van der Waals surface area contributed by atoms with Gasteiger partial charge < -0.3 is 10.1 Å². The fraction of sp³-hybridized carbons (Fsp3) is 0.0588. The Morgan fingerprint density at radius 2 is 1.96 bits per heavy atom. The van der Waals surface area contributed by atoms with Gasteiger partial charge in [0.05, 0.1) is 5.69 Å². The summed E-state index contributed by atoms with van der Waals surface area (Å²) in [5, 5.41) is 12.4. The van der Waals surface area contributed by atoms with Gasteiger partial charge in [-0.05, 0) is 31.2 Å². The van der Waals surface area contributed by atoms with Crippen molar-refractivity contribution >= 4 is 40.1 Å². The molecule has 23 heavy (non-hydrogen) atoms. The molecule has 0 unspecified atom stereocenters. The molecule has 3 rings (SSSR count). The number of nitrogens with one attached hydrogen (secondary N) is 2. The number of aromatic amines is 1. The van der Waals surface area contributed by atoms with Gasteiger partial charge in [0.15, 0.2) is 0 Å². The molecule has 6 heteroatoms. The molecular formula is C17H13ClN2O3. The zero-order chi connectivity index (χ0) is 16.6. The quantitative estimate of drug-likeness (QED) is 0.621. The van der Waals surface area contributed by atoms with Crippen LogP contribution in [-0.4, -0.2) is 22.0 Å². The molecule has 0 saturated heterocycles. The Hall–Kier alpha value is -2.79. The molecule has 1 aromatic heterocycles. The Labute approximate surface area is 136 Å². The van der Waals surface area contributed by atoms with Crippen LogP contribution in [0, 0.1) is 6.92 Å². The number of aryl methyl sites for hydroxylation is 1. The maximum atomic E-state index is 12.8. The van der Waals surface area contributed by atoms with Crippen molar-refractivity contribution in [2.45, 2.75) is 6.92 Å². The molecule has 0 spiro atoms. The zero-order valence-electron chi connectivity index (χ0n) is 12.2. The Morgan fingerprint density at radius 1 is 1.17 bits per heavy atom. The normalized spacial score (nSPS) is 10.7. The average molecular weight is 329 g/mol. The number of anilines is 1. The summed E-state index contributed by atoms with van der Waals surface area (Å²) in [6.07, 6.45) is -1.24. The highest BCUT2D eigenvalue weighted by Gasteiger charge is 2.21. The molecule has 1 amide bonds. The summed E-state index contributed by atoms with van der Waals surface area (Å²) >= 11 is 5.96. The smallest absolute Gasteiger partial charge is 0.409 e. The molecule has 3 N–H and O–H groups in total. The summed E-state index contributed by atoms with van der Waals surface area (Å²) in [6, 6.07) is 12.1. The number of H-pyrrole nitrogens is 1. The molecule has 0 saturated carbocycles. The van der Waals surface area contributed by atoms with Crippen molar-refractivity contribution in [1.82, 2.24) is 4.98 Å². The molecule has 0 aliphatic heterocycles. The van der Waals surface area contributed by atoms with Crippen molar-refractivity contribution < 1.29 is 14.7 Å². The van der Waals surface area contributed by atoms with E-state index in [-0.39, 0.29) is 17.2 Å². The minimum atomic E-state index is -1.24. The second-order valence-corrected chi connectivity index (χ2v) is 5.63. The first-order valence-corrected chi connectivity index (χ1v) is 7.26. The van der Waals surface area contributed by atoms with Crippen LogP contribution in [-0.2, 0) is 0 Å². The Balaban J connectivity index is 2.19. The lowest BCUT2D eigenvalue weighted by Gasteiger charge is -2.05. The summed E-state index contributed by atoms with van der Waals surface area (Å²) in [7, 11) is 0. The summed E-state index contributed by atoms with van der Waals surface area (Å²) < 4.78 is 0. The van der Waals surface area contributed by atoms with Crippen LogP contribution >= 0.6 is 11.6 Å². The molecule has 1 heterocycles. The number of carbonyl (C=O) groups excluding carboxylic acids is 1. The number of hydrogen-bond acceptors (Lipinski definition) is 2. The second kappa shape index (κ2) is 5.78. The van der Waals surface area contributed by atoms with E-state index >= 15 is 0 Å². The van der Waals surface area contributed by atoms with E-state index in [1.165, 1.54) is 0 Å². The van der Waals surface area contributed by atoms with E-state index in [0.29, 0.717) is 21.5 Å². The van der Waals surface area contributed by atoms with Gasteiger partial charge >= 0.3 is 6.09 Å². The van der Waals surface area contributed by atoms with Gasteiger partial charge in [0.25, 0.3) is 0 Å². The van der Waals surface area contributed by atoms with Crippen LogP contribution in [0.3, 0.4) is 0 Å². The van der Waals surface area contributed by atoms with Crippen LogP contribution in [0.1, 0.15) is 21.6 Å². The van der Waals surface area contributed by atoms with Crippen molar-refractivity contribution in [3.63, 3.8) is 0 Å². The first-order chi connectivity index (χ1) is 11.0. The van der Waals surface area contributed by atoms with Gasteiger partial charge in [-0.25, -0.2) is 4.79 Å². The Bertz CT molecular complexity index is 931. The number of ketones is 1. The minimum absolute atomic E-state index is 0.190. The number of hydrogen-bond donors (Lipinski definition) is 3. The highest BCUT2D eigenvalue weighted by Crippen LogP contribution is 2.31. The third-order valence-corrected chi connectivity index (χ3v) is 3.73. The number of benzene rings is 2. The number of rotatable bonds is 3. The van der Waals surface area contributed by atoms with Gasteiger partial charge in [-0.15, -0.1) is 0 Å². The van der Waals surface area contributed by atoms with Crippen LogP contribution in [0.4, 0.5) is 10.5 Å². The van der Waals surface area contributed by atoms with Crippen LogP contribution in [0.2, 0.25) is 5.02 Å².